The van der Waals surface area contributed by atoms with Gasteiger partial charge in [0.15, 0.2) is 0 Å². The summed E-state index contributed by atoms with van der Waals surface area (Å²) in [6.45, 7) is 2.00. The number of methoxy groups -OCH3 is 2. The summed E-state index contributed by atoms with van der Waals surface area (Å²) in [4.78, 5) is 12.6. The fourth-order valence-electron chi connectivity index (χ4n) is 2.38. The van der Waals surface area contributed by atoms with E-state index in [0.717, 1.165) is 12.0 Å². The number of anilines is 1. The summed E-state index contributed by atoms with van der Waals surface area (Å²) in [5.74, 6) is 1.03. The van der Waals surface area contributed by atoms with E-state index in [4.69, 9.17) is 9.47 Å². The third-order valence-electron chi connectivity index (χ3n) is 3.59. The maximum absolute atomic E-state index is 12.6. The monoisotopic (exact) mass is 299 g/mol. The number of amides is 1. The van der Waals surface area contributed by atoms with Crippen molar-refractivity contribution < 1.29 is 14.3 Å². The van der Waals surface area contributed by atoms with Crippen LogP contribution in [0.3, 0.4) is 0 Å². The molecule has 0 unspecified atom stereocenters. The zero-order valence-electron chi connectivity index (χ0n) is 13.1. The normalized spacial score (nSPS) is 11.6. The number of ether oxygens (including phenoxy) is 2. The van der Waals surface area contributed by atoms with E-state index < -0.39 is 0 Å². The van der Waals surface area contributed by atoms with Crippen molar-refractivity contribution in [3.8, 4) is 11.5 Å². The quantitative estimate of drug-likeness (QED) is 0.881. The Morgan fingerprint density at radius 2 is 1.82 bits per heavy atom. The molecule has 0 saturated heterocycles. The number of hydrogen-bond donors (Lipinski definition) is 1. The van der Waals surface area contributed by atoms with E-state index in [2.05, 4.69) is 5.32 Å². The van der Waals surface area contributed by atoms with Gasteiger partial charge in [0.25, 0.3) is 0 Å². The zero-order chi connectivity index (χ0) is 15.9. The van der Waals surface area contributed by atoms with Gasteiger partial charge in [-0.15, -0.1) is 0 Å². The van der Waals surface area contributed by atoms with Crippen molar-refractivity contribution in [2.24, 2.45) is 0 Å². The molecule has 0 aliphatic carbocycles. The van der Waals surface area contributed by atoms with Crippen LogP contribution in [0.5, 0.6) is 11.5 Å². The summed E-state index contributed by atoms with van der Waals surface area (Å²) in [6, 6.07) is 15.1. The summed E-state index contributed by atoms with van der Waals surface area (Å²) < 4.78 is 10.5. The molecule has 0 spiro atoms. The second-order valence-electron chi connectivity index (χ2n) is 4.93. The van der Waals surface area contributed by atoms with Crippen LogP contribution in [0, 0.1) is 0 Å². The minimum atomic E-state index is -0.187. The van der Waals surface area contributed by atoms with E-state index in [1.807, 2.05) is 37.3 Å². The lowest BCUT2D eigenvalue weighted by Gasteiger charge is -2.17. The summed E-state index contributed by atoms with van der Waals surface area (Å²) in [5.41, 5.74) is 1.65. The van der Waals surface area contributed by atoms with Crippen molar-refractivity contribution in [1.82, 2.24) is 0 Å². The van der Waals surface area contributed by atoms with Gasteiger partial charge in [-0.1, -0.05) is 37.3 Å². The molecule has 1 N–H and O–H groups in total. The van der Waals surface area contributed by atoms with Gasteiger partial charge in [0, 0.05) is 6.07 Å². The van der Waals surface area contributed by atoms with Crippen LogP contribution in [0.15, 0.2) is 48.5 Å². The van der Waals surface area contributed by atoms with Gasteiger partial charge in [-0.3, -0.25) is 4.79 Å². The van der Waals surface area contributed by atoms with Crippen molar-refractivity contribution in [2.75, 3.05) is 19.5 Å². The largest absolute Gasteiger partial charge is 0.497 e. The van der Waals surface area contributed by atoms with Crippen LogP contribution in [-0.2, 0) is 4.79 Å². The maximum Gasteiger partial charge on any atom is 0.232 e. The van der Waals surface area contributed by atoms with Crippen LogP contribution in [-0.4, -0.2) is 20.1 Å². The SMILES string of the molecule is CC[C@@H](C(=O)Nc1ccc(OC)cc1OC)c1ccccc1. The van der Waals surface area contributed by atoms with E-state index in [1.165, 1.54) is 0 Å². The first-order valence-electron chi connectivity index (χ1n) is 7.27. The minimum absolute atomic E-state index is 0.0443. The molecule has 2 rings (SSSR count). The number of carbonyl (C=O) groups excluding carboxylic acids is 1. The Hall–Kier alpha value is -2.49. The van der Waals surface area contributed by atoms with Crippen molar-refractivity contribution in [3.63, 3.8) is 0 Å². The lowest BCUT2D eigenvalue weighted by Crippen LogP contribution is -2.21. The van der Waals surface area contributed by atoms with Gasteiger partial charge in [-0.25, -0.2) is 0 Å². The molecule has 0 fully saturated rings. The molecule has 1 amide bonds. The molecular formula is C18H21NO3. The molecule has 116 valence electrons. The summed E-state index contributed by atoms with van der Waals surface area (Å²) >= 11 is 0. The molecule has 0 bridgehead atoms. The first-order valence-corrected chi connectivity index (χ1v) is 7.27. The van der Waals surface area contributed by atoms with Crippen LogP contribution in [0.2, 0.25) is 0 Å². The Kier molecular flexibility index (Phi) is 5.42. The Labute approximate surface area is 131 Å². The average Bonchev–Trinajstić information content (AvgIpc) is 2.57. The highest BCUT2D eigenvalue weighted by Crippen LogP contribution is 2.30. The zero-order valence-corrected chi connectivity index (χ0v) is 13.1. The van der Waals surface area contributed by atoms with E-state index >= 15 is 0 Å². The van der Waals surface area contributed by atoms with Crippen LogP contribution >= 0.6 is 0 Å². The fourth-order valence-corrected chi connectivity index (χ4v) is 2.38. The first kappa shape index (κ1) is 15.9. The molecule has 4 heteroatoms. The maximum atomic E-state index is 12.6. The fraction of sp³-hybridized carbons (Fsp3) is 0.278. The van der Waals surface area contributed by atoms with Gasteiger partial charge in [0.05, 0.1) is 25.8 Å². The van der Waals surface area contributed by atoms with Crippen molar-refractivity contribution in [3.05, 3.63) is 54.1 Å². The molecule has 0 saturated carbocycles. The van der Waals surface area contributed by atoms with Crippen LogP contribution in [0.25, 0.3) is 0 Å². The lowest BCUT2D eigenvalue weighted by molar-refractivity contribution is -0.117. The number of nitrogens with one attached hydrogen (secondary N) is 1. The predicted molar refractivity (Wildman–Crippen MR) is 87.6 cm³/mol. The Morgan fingerprint density at radius 1 is 1.09 bits per heavy atom. The minimum Gasteiger partial charge on any atom is -0.497 e. The summed E-state index contributed by atoms with van der Waals surface area (Å²) in [6.07, 6.45) is 0.730. The molecule has 0 radical (unpaired) electrons. The van der Waals surface area contributed by atoms with Crippen LogP contribution in [0.4, 0.5) is 5.69 Å². The van der Waals surface area contributed by atoms with Crippen molar-refractivity contribution in [1.29, 1.82) is 0 Å². The Morgan fingerprint density at radius 3 is 2.41 bits per heavy atom. The Balaban J connectivity index is 2.20. The van der Waals surface area contributed by atoms with Crippen LogP contribution in [0.1, 0.15) is 24.8 Å². The molecule has 0 aliphatic rings. The molecule has 0 aliphatic heterocycles. The van der Waals surface area contributed by atoms with E-state index in [-0.39, 0.29) is 11.8 Å². The van der Waals surface area contributed by atoms with E-state index in [1.54, 1.807) is 32.4 Å². The highest BCUT2D eigenvalue weighted by Gasteiger charge is 2.19. The topological polar surface area (TPSA) is 47.6 Å². The van der Waals surface area contributed by atoms with E-state index in [9.17, 15) is 4.79 Å². The number of carbonyl (C=O) groups is 1. The van der Waals surface area contributed by atoms with Gasteiger partial charge in [0.1, 0.15) is 11.5 Å². The molecule has 0 aromatic heterocycles. The predicted octanol–water partition coefficient (Wildman–Crippen LogP) is 3.84. The molecular weight excluding hydrogens is 278 g/mol. The highest BCUT2D eigenvalue weighted by atomic mass is 16.5. The molecule has 22 heavy (non-hydrogen) atoms. The lowest BCUT2D eigenvalue weighted by atomic mass is 9.95. The van der Waals surface area contributed by atoms with Gasteiger partial charge in [0.2, 0.25) is 5.91 Å². The third-order valence-corrected chi connectivity index (χ3v) is 3.59. The van der Waals surface area contributed by atoms with Crippen LogP contribution < -0.4 is 14.8 Å². The van der Waals surface area contributed by atoms with Gasteiger partial charge < -0.3 is 14.8 Å². The smallest absolute Gasteiger partial charge is 0.232 e. The number of hydrogen-bond acceptors (Lipinski definition) is 3. The molecule has 2 aromatic rings. The average molecular weight is 299 g/mol. The Bertz CT molecular complexity index is 625. The summed E-state index contributed by atoms with van der Waals surface area (Å²) in [7, 11) is 3.16. The van der Waals surface area contributed by atoms with Gasteiger partial charge in [-0.05, 0) is 24.1 Å². The van der Waals surface area contributed by atoms with Crippen molar-refractivity contribution in [2.45, 2.75) is 19.3 Å². The summed E-state index contributed by atoms with van der Waals surface area (Å²) in [5, 5.41) is 2.94. The number of rotatable bonds is 6. The molecule has 2 aromatic carbocycles. The standard InChI is InChI=1S/C18H21NO3/c1-4-15(13-8-6-5-7-9-13)18(20)19-16-11-10-14(21-2)12-17(16)22-3/h5-12,15H,4H2,1-3H3,(H,19,20)/t15-/m1/s1. The van der Waals surface area contributed by atoms with Gasteiger partial charge >= 0.3 is 0 Å². The molecule has 0 heterocycles. The van der Waals surface area contributed by atoms with E-state index in [0.29, 0.717) is 17.2 Å². The van der Waals surface area contributed by atoms with Gasteiger partial charge in [-0.2, -0.15) is 0 Å². The second kappa shape index (κ2) is 7.50. The first-order chi connectivity index (χ1) is 10.7. The molecule has 1 atom stereocenters. The third kappa shape index (κ3) is 3.58. The highest BCUT2D eigenvalue weighted by molar-refractivity contribution is 5.97. The molecule has 4 nitrogen and oxygen atoms in total. The number of benzene rings is 2. The second-order valence-corrected chi connectivity index (χ2v) is 4.93. The van der Waals surface area contributed by atoms with Crippen molar-refractivity contribution >= 4 is 11.6 Å².